The van der Waals surface area contributed by atoms with Crippen LogP contribution in [0.2, 0.25) is 0 Å². The van der Waals surface area contributed by atoms with Crippen LogP contribution >= 0.6 is 0 Å². The third-order valence-corrected chi connectivity index (χ3v) is 7.04. The van der Waals surface area contributed by atoms with Crippen molar-refractivity contribution in [1.82, 2.24) is 0 Å². The predicted octanol–water partition coefficient (Wildman–Crippen LogP) is 5.11. The standard InChI is InChI=1S/C20H32N2O4S/c1-2-3-4-5-6-7-8-11-16-27(25,26)20-17-18(21-14-9-10-15-21)12-13-19(20)22(23)24/h12-13,17H,2-11,14-16H2,1H3. The van der Waals surface area contributed by atoms with Gasteiger partial charge in [-0.05, 0) is 31.4 Å². The number of anilines is 1. The van der Waals surface area contributed by atoms with Crippen molar-refractivity contribution in [3.05, 3.63) is 28.3 Å². The first-order valence-corrected chi connectivity index (χ1v) is 11.9. The van der Waals surface area contributed by atoms with E-state index in [1.165, 1.54) is 37.8 Å². The second kappa shape index (κ2) is 10.6. The van der Waals surface area contributed by atoms with E-state index in [4.69, 9.17) is 0 Å². The van der Waals surface area contributed by atoms with E-state index in [-0.39, 0.29) is 16.3 Å². The highest BCUT2D eigenvalue weighted by Gasteiger charge is 2.27. The summed E-state index contributed by atoms with van der Waals surface area (Å²) >= 11 is 0. The van der Waals surface area contributed by atoms with Crippen molar-refractivity contribution in [2.45, 2.75) is 76.0 Å². The molecule has 1 fully saturated rings. The van der Waals surface area contributed by atoms with E-state index >= 15 is 0 Å². The normalized spacial score (nSPS) is 14.6. The Balaban J connectivity index is 1.98. The second-order valence-corrected chi connectivity index (χ2v) is 9.47. The number of nitro groups is 1. The van der Waals surface area contributed by atoms with E-state index in [1.807, 2.05) is 0 Å². The van der Waals surface area contributed by atoms with Crippen molar-refractivity contribution < 1.29 is 13.3 Å². The Morgan fingerprint density at radius 3 is 2.19 bits per heavy atom. The SMILES string of the molecule is CCCCCCCCCCS(=O)(=O)c1cc(N2CCCC2)ccc1[N+](=O)[O-]. The summed E-state index contributed by atoms with van der Waals surface area (Å²) in [5.74, 6) is -0.0216. The summed E-state index contributed by atoms with van der Waals surface area (Å²) in [6, 6.07) is 4.51. The number of hydrogen-bond acceptors (Lipinski definition) is 5. The van der Waals surface area contributed by atoms with Crippen LogP contribution < -0.4 is 4.90 Å². The maximum absolute atomic E-state index is 12.8. The van der Waals surface area contributed by atoms with E-state index in [2.05, 4.69) is 11.8 Å². The Morgan fingerprint density at radius 1 is 1.00 bits per heavy atom. The van der Waals surface area contributed by atoms with Gasteiger partial charge in [0.1, 0.15) is 4.90 Å². The number of hydrogen-bond donors (Lipinski definition) is 0. The van der Waals surface area contributed by atoms with Crippen molar-refractivity contribution in [1.29, 1.82) is 0 Å². The van der Waals surface area contributed by atoms with Gasteiger partial charge in [-0.25, -0.2) is 8.42 Å². The summed E-state index contributed by atoms with van der Waals surface area (Å²) in [6.07, 6.45) is 10.6. The number of benzene rings is 1. The zero-order valence-electron chi connectivity index (χ0n) is 16.4. The van der Waals surface area contributed by atoms with E-state index in [0.29, 0.717) is 6.42 Å². The molecule has 0 saturated carbocycles. The van der Waals surface area contributed by atoms with Gasteiger partial charge in [0, 0.05) is 24.8 Å². The Bertz CT molecular complexity index is 713. The van der Waals surface area contributed by atoms with E-state index in [9.17, 15) is 18.5 Å². The van der Waals surface area contributed by atoms with E-state index in [1.54, 1.807) is 6.07 Å². The zero-order chi connectivity index (χ0) is 19.7. The summed E-state index contributed by atoms with van der Waals surface area (Å²) in [5, 5.41) is 11.3. The summed E-state index contributed by atoms with van der Waals surface area (Å²) in [6.45, 7) is 3.92. The van der Waals surface area contributed by atoms with Gasteiger partial charge in [0.15, 0.2) is 9.84 Å². The molecule has 0 amide bonds. The molecule has 7 heteroatoms. The fourth-order valence-corrected chi connectivity index (χ4v) is 5.18. The molecule has 0 radical (unpaired) electrons. The van der Waals surface area contributed by atoms with Gasteiger partial charge >= 0.3 is 0 Å². The maximum atomic E-state index is 12.8. The lowest BCUT2D eigenvalue weighted by Gasteiger charge is -2.18. The molecule has 0 atom stereocenters. The van der Waals surface area contributed by atoms with Crippen LogP contribution in [-0.4, -0.2) is 32.2 Å². The molecule has 27 heavy (non-hydrogen) atoms. The molecule has 0 aromatic heterocycles. The zero-order valence-corrected chi connectivity index (χ0v) is 17.2. The first-order valence-electron chi connectivity index (χ1n) is 10.2. The second-order valence-electron chi connectivity index (χ2n) is 7.40. The number of rotatable bonds is 12. The van der Waals surface area contributed by atoms with Crippen LogP contribution in [0.1, 0.15) is 71.1 Å². The Kier molecular flexibility index (Phi) is 8.54. The molecule has 152 valence electrons. The van der Waals surface area contributed by atoms with Gasteiger partial charge in [-0.3, -0.25) is 10.1 Å². The van der Waals surface area contributed by atoms with Crippen LogP contribution in [0.3, 0.4) is 0 Å². The van der Waals surface area contributed by atoms with Crippen molar-refractivity contribution in [3.8, 4) is 0 Å². The highest BCUT2D eigenvalue weighted by molar-refractivity contribution is 7.91. The molecule has 1 aromatic carbocycles. The van der Waals surface area contributed by atoms with Crippen LogP contribution in [0.5, 0.6) is 0 Å². The minimum absolute atomic E-state index is 0.0216. The smallest absolute Gasteiger partial charge is 0.288 e. The molecular weight excluding hydrogens is 364 g/mol. The molecule has 1 aliphatic rings. The summed E-state index contributed by atoms with van der Waals surface area (Å²) < 4.78 is 25.6. The van der Waals surface area contributed by atoms with Crippen LogP contribution in [0.15, 0.2) is 23.1 Å². The van der Waals surface area contributed by atoms with Gasteiger partial charge in [-0.15, -0.1) is 0 Å². The van der Waals surface area contributed by atoms with Crippen molar-refractivity contribution in [2.24, 2.45) is 0 Å². The molecule has 1 heterocycles. The number of nitrogens with zero attached hydrogens (tertiary/aromatic N) is 2. The fourth-order valence-electron chi connectivity index (χ4n) is 3.61. The lowest BCUT2D eigenvalue weighted by molar-refractivity contribution is -0.387. The topological polar surface area (TPSA) is 80.5 Å². The van der Waals surface area contributed by atoms with E-state index in [0.717, 1.165) is 50.9 Å². The molecule has 1 saturated heterocycles. The molecule has 0 N–H and O–H groups in total. The average Bonchev–Trinajstić information content (AvgIpc) is 3.18. The predicted molar refractivity (Wildman–Crippen MR) is 109 cm³/mol. The van der Waals surface area contributed by atoms with Gasteiger partial charge < -0.3 is 4.90 Å². The van der Waals surface area contributed by atoms with Gasteiger partial charge in [-0.2, -0.15) is 0 Å². The van der Waals surface area contributed by atoms with Gasteiger partial charge in [-0.1, -0.05) is 51.9 Å². The van der Waals surface area contributed by atoms with Crippen molar-refractivity contribution in [2.75, 3.05) is 23.7 Å². The highest BCUT2D eigenvalue weighted by Crippen LogP contribution is 2.31. The summed E-state index contributed by atoms with van der Waals surface area (Å²) in [5.41, 5.74) is 0.463. The van der Waals surface area contributed by atoms with Gasteiger partial charge in [0.05, 0.1) is 10.7 Å². The lowest BCUT2D eigenvalue weighted by Crippen LogP contribution is -2.18. The summed E-state index contributed by atoms with van der Waals surface area (Å²) in [7, 11) is -3.66. The molecule has 6 nitrogen and oxygen atoms in total. The minimum atomic E-state index is -3.66. The van der Waals surface area contributed by atoms with Crippen molar-refractivity contribution >= 4 is 21.2 Å². The third-order valence-electron chi connectivity index (χ3n) is 5.21. The molecule has 0 unspecified atom stereocenters. The molecule has 1 aliphatic heterocycles. The summed E-state index contributed by atoms with van der Waals surface area (Å²) in [4.78, 5) is 12.7. The molecule has 0 bridgehead atoms. The Morgan fingerprint density at radius 2 is 1.59 bits per heavy atom. The molecule has 2 rings (SSSR count). The molecular formula is C20H32N2O4S. The number of nitro benzene ring substituents is 1. The van der Waals surface area contributed by atoms with E-state index < -0.39 is 14.8 Å². The van der Waals surface area contributed by atoms with Crippen LogP contribution in [0.4, 0.5) is 11.4 Å². The molecule has 0 aliphatic carbocycles. The van der Waals surface area contributed by atoms with Crippen LogP contribution in [0, 0.1) is 10.1 Å². The first kappa shape index (κ1) is 21.7. The maximum Gasteiger partial charge on any atom is 0.288 e. The third kappa shape index (κ3) is 6.48. The van der Waals surface area contributed by atoms with Gasteiger partial charge in [0.2, 0.25) is 0 Å². The first-order chi connectivity index (χ1) is 13.0. The van der Waals surface area contributed by atoms with Crippen LogP contribution in [0.25, 0.3) is 0 Å². The molecule has 0 spiro atoms. The average molecular weight is 397 g/mol. The fraction of sp³-hybridized carbons (Fsp3) is 0.700. The van der Waals surface area contributed by atoms with Crippen molar-refractivity contribution in [3.63, 3.8) is 0 Å². The minimum Gasteiger partial charge on any atom is -0.371 e. The molecule has 1 aromatic rings. The number of sulfone groups is 1. The monoisotopic (exact) mass is 396 g/mol. The van der Waals surface area contributed by atoms with Crippen LogP contribution in [-0.2, 0) is 9.84 Å². The lowest BCUT2D eigenvalue weighted by atomic mass is 10.1. The largest absolute Gasteiger partial charge is 0.371 e. The Labute approximate surface area is 163 Å². The highest BCUT2D eigenvalue weighted by atomic mass is 32.2. The number of unbranched alkanes of at least 4 members (excludes halogenated alkanes) is 7. The van der Waals surface area contributed by atoms with Gasteiger partial charge in [0.25, 0.3) is 5.69 Å². The quantitative estimate of drug-likeness (QED) is 0.279. The Hall–Kier alpha value is -1.63.